The lowest BCUT2D eigenvalue weighted by atomic mass is 10.1. The molecule has 0 spiro atoms. The summed E-state index contributed by atoms with van der Waals surface area (Å²) >= 11 is 7.91. The number of ether oxygens (including phenoxy) is 1. The second-order valence-electron chi connectivity index (χ2n) is 4.74. The summed E-state index contributed by atoms with van der Waals surface area (Å²) in [5, 5.41) is 10.3. The Morgan fingerprint density at radius 3 is 2.85 bits per heavy atom. The van der Waals surface area contributed by atoms with Crippen LogP contribution in [0.3, 0.4) is 0 Å². The average molecular weight is 307 g/mol. The fourth-order valence-corrected chi connectivity index (χ4v) is 3.80. The number of halogens is 1. The normalized spacial score (nSPS) is 17.0. The zero-order chi connectivity index (χ0) is 13.9. The summed E-state index contributed by atoms with van der Waals surface area (Å²) in [6.45, 7) is 0.514. The van der Waals surface area contributed by atoms with Crippen molar-refractivity contribution in [2.24, 2.45) is 0 Å². The monoisotopic (exact) mass is 306 g/mol. The Hall–Kier alpha value is -1.16. The van der Waals surface area contributed by atoms with Gasteiger partial charge < -0.3 is 9.84 Å². The first kappa shape index (κ1) is 13.8. The molecule has 1 heterocycles. The van der Waals surface area contributed by atoms with Gasteiger partial charge in [-0.2, -0.15) is 0 Å². The Kier molecular flexibility index (Phi) is 4.20. The van der Waals surface area contributed by atoms with Crippen molar-refractivity contribution in [3.05, 3.63) is 58.6 Å². The molecule has 1 unspecified atom stereocenters. The molecule has 0 bridgehead atoms. The van der Waals surface area contributed by atoms with Gasteiger partial charge in [0.25, 0.3) is 0 Å². The van der Waals surface area contributed by atoms with Crippen LogP contribution in [0.5, 0.6) is 5.75 Å². The highest BCUT2D eigenvalue weighted by atomic mass is 35.5. The molecule has 2 nitrogen and oxygen atoms in total. The zero-order valence-corrected chi connectivity index (χ0v) is 12.5. The Morgan fingerprint density at radius 2 is 2.05 bits per heavy atom. The molecule has 1 aliphatic heterocycles. The molecule has 2 aromatic rings. The Morgan fingerprint density at radius 1 is 1.20 bits per heavy atom. The molecular weight excluding hydrogens is 292 g/mol. The summed E-state index contributed by atoms with van der Waals surface area (Å²) in [4.78, 5) is 1.34. The highest BCUT2D eigenvalue weighted by Gasteiger charge is 2.22. The maximum atomic E-state index is 9.36. The number of rotatable bonds is 4. The molecule has 0 fully saturated rings. The Balaban J connectivity index is 1.66. The van der Waals surface area contributed by atoms with E-state index in [9.17, 15) is 5.11 Å². The lowest BCUT2D eigenvalue weighted by molar-refractivity contribution is 0.263. The minimum Gasteiger partial charge on any atom is -0.492 e. The maximum absolute atomic E-state index is 9.36. The topological polar surface area (TPSA) is 29.5 Å². The number of aliphatic hydroxyl groups excluding tert-OH is 1. The van der Waals surface area contributed by atoms with Gasteiger partial charge in [-0.25, -0.2) is 0 Å². The van der Waals surface area contributed by atoms with Crippen molar-refractivity contribution in [2.45, 2.75) is 23.2 Å². The molecule has 0 saturated carbocycles. The van der Waals surface area contributed by atoms with Gasteiger partial charge in [-0.3, -0.25) is 0 Å². The second kappa shape index (κ2) is 6.08. The van der Waals surface area contributed by atoms with Crippen LogP contribution in [0.1, 0.15) is 11.1 Å². The molecule has 0 saturated heterocycles. The van der Waals surface area contributed by atoms with E-state index in [4.69, 9.17) is 16.3 Å². The molecule has 20 heavy (non-hydrogen) atoms. The molecule has 0 aliphatic carbocycles. The summed E-state index contributed by atoms with van der Waals surface area (Å²) in [5.41, 5.74) is 2.05. The number of hydrogen-bond donors (Lipinski definition) is 1. The lowest BCUT2D eigenvalue weighted by Crippen LogP contribution is -2.14. The largest absolute Gasteiger partial charge is 0.492 e. The molecule has 0 aromatic heterocycles. The number of benzene rings is 2. The molecule has 104 valence electrons. The highest BCUT2D eigenvalue weighted by Crippen LogP contribution is 2.37. The van der Waals surface area contributed by atoms with E-state index in [0.717, 1.165) is 6.42 Å². The van der Waals surface area contributed by atoms with E-state index in [2.05, 4.69) is 24.3 Å². The lowest BCUT2D eigenvalue weighted by Gasteiger charge is -2.14. The number of hydrogen-bond acceptors (Lipinski definition) is 3. The van der Waals surface area contributed by atoms with Crippen molar-refractivity contribution in [1.82, 2.24) is 0 Å². The molecular formula is C16H15ClO2S. The van der Waals surface area contributed by atoms with Crippen molar-refractivity contribution in [2.75, 3.05) is 6.61 Å². The Bertz CT molecular complexity index is 590. The van der Waals surface area contributed by atoms with Crippen LogP contribution in [-0.4, -0.2) is 17.0 Å². The molecule has 3 rings (SSSR count). The van der Waals surface area contributed by atoms with Crippen molar-refractivity contribution >= 4 is 23.4 Å². The molecule has 1 aliphatic rings. The molecule has 1 atom stereocenters. The van der Waals surface area contributed by atoms with E-state index >= 15 is 0 Å². The summed E-state index contributed by atoms with van der Waals surface area (Å²) in [6, 6.07) is 13.9. The predicted octanol–water partition coefficient (Wildman–Crippen LogP) is 3.93. The summed E-state index contributed by atoms with van der Waals surface area (Å²) in [7, 11) is 0. The summed E-state index contributed by atoms with van der Waals surface area (Å²) in [5.74, 6) is 0.677. The minimum absolute atomic E-state index is 0.104. The van der Waals surface area contributed by atoms with Crippen LogP contribution in [-0.2, 0) is 13.0 Å². The van der Waals surface area contributed by atoms with E-state index in [0.29, 0.717) is 28.2 Å². The third kappa shape index (κ3) is 2.80. The first-order valence-corrected chi connectivity index (χ1v) is 7.79. The van der Waals surface area contributed by atoms with Gasteiger partial charge in [0.1, 0.15) is 12.4 Å². The van der Waals surface area contributed by atoms with E-state index in [-0.39, 0.29) is 6.61 Å². The summed E-state index contributed by atoms with van der Waals surface area (Å²) < 4.78 is 5.86. The van der Waals surface area contributed by atoms with Gasteiger partial charge in [0.2, 0.25) is 0 Å². The van der Waals surface area contributed by atoms with Crippen LogP contribution in [0, 0.1) is 0 Å². The molecule has 0 radical (unpaired) electrons. The first-order chi connectivity index (χ1) is 9.78. The van der Waals surface area contributed by atoms with Gasteiger partial charge in [0.15, 0.2) is 0 Å². The van der Waals surface area contributed by atoms with Crippen molar-refractivity contribution in [3.63, 3.8) is 0 Å². The smallest absolute Gasteiger partial charge is 0.126 e. The van der Waals surface area contributed by atoms with Crippen LogP contribution < -0.4 is 4.74 Å². The quantitative estimate of drug-likeness (QED) is 0.928. The van der Waals surface area contributed by atoms with E-state index in [1.165, 1.54) is 10.5 Å². The SMILES string of the molecule is OCc1c(Cl)cccc1OCC1Cc2ccccc2S1. The standard InChI is InChI=1S/C16H15ClO2S/c17-14-5-3-6-15(13(14)9-18)19-10-12-8-11-4-1-2-7-16(11)20-12/h1-7,12,18H,8-10H2. The fourth-order valence-electron chi connectivity index (χ4n) is 2.36. The van der Waals surface area contributed by atoms with Crippen LogP contribution >= 0.6 is 23.4 Å². The van der Waals surface area contributed by atoms with Crippen LogP contribution in [0.2, 0.25) is 5.02 Å². The molecule has 0 amide bonds. The van der Waals surface area contributed by atoms with Crippen molar-refractivity contribution in [3.8, 4) is 5.75 Å². The molecule has 1 N–H and O–H groups in total. The minimum atomic E-state index is -0.104. The van der Waals surface area contributed by atoms with E-state index in [1.807, 2.05) is 23.9 Å². The van der Waals surface area contributed by atoms with Gasteiger partial charge >= 0.3 is 0 Å². The van der Waals surface area contributed by atoms with Crippen molar-refractivity contribution < 1.29 is 9.84 Å². The fraction of sp³-hybridized carbons (Fsp3) is 0.250. The van der Waals surface area contributed by atoms with Crippen LogP contribution in [0.25, 0.3) is 0 Å². The molecule has 2 aromatic carbocycles. The van der Waals surface area contributed by atoms with Crippen molar-refractivity contribution in [1.29, 1.82) is 0 Å². The van der Waals surface area contributed by atoms with E-state index < -0.39 is 0 Å². The number of aliphatic hydroxyl groups is 1. The van der Waals surface area contributed by atoms with Crippen LogP contribution in [0.4, 0.5) is 0 Å². The Labute approximate surface area is 127 Å². The summed E-state index contributed by atoms with van der Waals surface area (Å²) in [6.07, 6.45) is 1.02. The van der Waals surface area contributed by atoms with Gasteiger partial charge in [0, 0.05) is 20.7 Å². The number of thioether (sulfide) groups is 1. The van der Waals surface area contributed by atoms with Gasteiger partial charge in [-0.15, -0.1) is 11.8 Å². The van der Waals surface area contributed by atoms with E-state index in [1.54, 1.807) is 6.07 Å². The predicted molar refractivity (Wildman–Crippen MR) is 82.7 cm³/mol. The third-order valence-corrected chi connectivity index (χ3v) is 5.01. The maximum Gasteiger partial charge on any atom is 0.126 e. The number of fused-ring (bicyclic) bond motifs is 1. The zero-order valence-electron chi connectivity index (χ0n) is 10.9. The first-order valence-electron chi connectivity index (χ1n) is 6.53. The molecule has 4 heteroatoms. The van der Waals surface area contributed by atoms with Gasteiger partial charge in [0.05, 0.1) is 6.61 Å². The van der Waals surface area contributed by atoms with Gasteiger partial charge in [-0.05, 0) is 30.2 Å². The van der Waals surface area contributed by atoms with Gasteiger partial charge in [-0.1, -0.05) is 35.9 Å². The third-order valence-electron chi connectivity index (χ3n) is 3.37. The van der Waals surface area contributed by atoms with Crippen LogP contribution in [0.15, 0.2) is 47.4 Å². The average Bonchev–Trinajstić information content (AvgIpc) is 2.88. The second-order valence-corrected chi connectivity index (χ2v) is 6.49. The highest BCUT2D eigenvalue weighted by molar-refractivity contribution is 8.00.